The van der Waals surface area contributed by atoms with Gasteiger partial charge in [0.2, 0.25) is 11.8 Å². The summed E-state index contributed by atoms with van der Waals surface area (Å²) in [4.78, 5) is 74.5. The predicted octanol–water partition coefficient (Wildman–Crippen LogP) is -0.625. The lowest BCUT2D eigenvalue weighted by molar-refractivity contribution is -0.137. The van der Waals surface area contributed by atoms with E-state index in [1.807, 2.05) is 0 Å². The molecule has 2 unspecified atom stereocenters. The van der Waals surface area contributed by atoms with Crippen molar-refractivity contribution in [3.63, 3.8) is 0 Å². The molecular formula is C21H34N7O16P3S. The molecule has 1 aliphatic rings. The Hall–Kier alpha value is -2.69. The van der Waals surface area contributed by atoms with E-state index in [0.717, 1.165) is 17.2 Å². The number of nitrogens with one attached hydrogen (secondary N) is 2. The summed E-state index contributed by atoms with van der Waals surface area (Å²) in [6, 6.07) is 0. The summed E-state index contributed by atoms with van der Waals surface area (Å²) in [6.45, 7) is 0.643. The molecule has 3 heterocycles. The first-order chi connectivity index (χ1) is 22.2. The Kier molecular flexibility index (Phi) is 13.2. The summed E-state index contributed by atoms with van der Waals surface area (Å²) in [6.07, 6.45) is -3.27. The highest BCUT2D eigenvalue weighted by atomic mass is 32.1. The Bertz CT molecular complexity index is 1670. The number of aliphatic hydroxyl groups is 2. The van der Waals surface area contributed by atoms with Crippen LogP contribution in [-0.4, -0.2) is 105 Å². The molecular weight excluding hydrogens is 731 g/mol. The van der Waals surface area contributed by atoms with Gasteiger partial charge in [-0.1, -0.05) is 13.8 Å². The minimum atomic E-state index is -5.56. The monoisotopic (exact) mass is 765 g/mol. The van der Waals surface area contributed by atoms with Crippen LogP contribution in [0.2, 0.25) is 0 Å². The van der Waals surface area contributed by atoms with E-state index in [-0.39, 0.29) is 35.9 Å². The summed E-state index contributed by atoms with van der Waals surface area (Å²) in [5.74, 6) is -2.84. The zero-order valence-electron chi connectivity index (χ0n) is 25.1. The average molecular weight is 766 g/mol. The van der Waals surface area contributed by atoms with Gasteiger partial charge in [0.05, 0.1) is 19.5 Å². The highest BCUT2D eigenvalue weighted by molar-refractivity contribution is 7.80. The van der Waals surface area contributed by atoms with Gasteiger partial charge in [-0.25, -0.2) is 28.6 Å². The third-order valence-corrected chi connectivity index (χ3v) is 9.44. The minimum Gasteiger partial charge on any atom is -0.505 e. The maximum absolute atomic E-state index is 12.6. The topological polar surface area (TPSA) is 347 Å². The number of anilines is 1. The Morgan fingerprint density at radius 1 is 1.10 bits per heavy atom. The van der Waals surface area contributed by atoms with Crippen LogP contribution in [0.15, 0.2) is 24.2 Å². The van der Waals surface area contributed by atoms with Gasteiger partial charge in [0.1, 0.15) is 24.1 Å². The van der Waals surface area contributed by atoms with Crippen LogP contribution in [-0.2, 0) is 45.9 Å². The van der Waals surface area contributed by atoms with Gasteiger partial charge in [0, 0.05) is 30.7 Å². The molecule has 0 radical (unpaired) electrons. The maximum atomic E-state index is 12.6. The van der Waals surface area contributed by atoms with Crippen molar-refractivity contribution in [1.82, 2.24) is 30.2 Å². The van der Waals surface area contributed by atoms with Crippen molar-refractivity contribution in [3.8, 4) is 0 Å². The number of nitrogen functional groups attached to an aromatic ring is 1. The molecule has 2 aromatic rings. The molecule has 0 fully saturated rings. The maximum Gasteiger partial charge on any atom is 0.524 e. The molecule has 270 valence electrons. The lowest BCUT2D eigenvalue weighted by atomic mass is 9.87. The third kappa shape index (κ3) is 10.9. The van der Waals surface area contributed by atoms with Gasteiger partial charge in [-0.15, -0.1) is 0 Å². The Morgan fingerprint density at radius 2 is 1.77 bits per heavy atom. The zero-order chi connectivity index (χ0) is 36.1. The van der Waals surface area contributed by atoms with Gasteiger partial charge in [-0.3, -0.25) is 33.0 Å². The highest BCUT2D eigenvalue weighted by Crippen LogP contribution is 2.61. The molecule has 0 bridgehead atoms. The minimum absolute atomic E-state index is 0.00326. The number of hydrogen-bond donors (Lipinski definition) is 10. The lowest BCUT2D eigenvalue weighted by Crippen LogP contribution is -2.46. The summed E-state index contributed by atoms with van der Waals surface area (Å²) in [7, 11) is -16.4. The van der Waals surface area contributed by atoms with Crippen molar-refractivity contribution in [2.24, 2.45) is 5.41 Å². The van der Waals surface area contributed by atoms with Crippen LogP contribution in [0.1, 0.15) is 26.5 Å². The number of rotatable bonds is 18. The number of carbonyl (C=O) groups excluding carboxylic acids is 2. The Labute approximate surface area is 276 Å². The van der Waals surface area contributed by atoms with E-state index in [9.17, 15) is 53.1 Å². The van der Waals surface area contributed by atoms with Crippen LogP contribution in [0.3, 0.4) is 0 Å². The molecule has 3 rings (SSSR count). The van der Waals surface area contributed by atoms with E-state index >= 15 is 0 Å². The summed E-state index contributed by atoms with van der Waals surface area (Å²) >= 11 is 3.95. The van der Waals surface area contributed by atoms with Gasteiger partial charge in [0.15, 0.2) is 29.2 Å². The predicted molar refractivity (Wildman–Crippen MR) is 163 cm³/mol. The van der Waals surface area contributed by atoms with E-state index in [1.165, 1.54) is 13.8 Å². The largest absolute Gasteiger partial charge is 0.524 e. The van der Waals surface area contributed by atoms with Gasteiger partial charge >= 0.3 is 23.5 Å². The van der Waals surface area contributed by atoms with Crippen LogP contribution in [0.5, 0.6) is 0 Å². The number of amides is 2. The normalized spacial score (nSPS) is 20.2. The molecule has 0 spiro atoms. The van der Waals surface area contributed by atoms with Gasteiger partial charge < -0.3 is 45.6 Å². The van der Waals surface area contributed by atoms with Gasteiger partial charge in [-0.2, -0.15) is 16.9 Å². The zero-order valence-corrected chi connectivity index (χ0v) is 28.6. The Balaban J connectivity index is 1.62. The molecule has 10 N–H and O–H groups in total. The fraction of sp³-hybridized carbons (Fsp3) is 0.571. The molecule has 1 aliphatic heterocycles. The van der Waals surface area contributed by atoms with Crippen molar-refractivity contribution in [3.05, 3.63) is 24.2 Å². The number of imidazole rings is 1. The van der Waals surface area contributed by atoms with Crippen molar-refractivity contribution in [2.75, 3.05) is 37.8 Å². The van der Waals surface area contributed by atoms with Crippen LogP contribution in [0, 0.1) is 5.41 Å². The molecule has 23 nitrogen and oxygen atoms in total. The van der Waals surface area contributed by atoms with Crippen molar-refractivity contribution in [1.29, 1.82) is 0 Å². The molecule has 2 amide bonds. The van der Waals surface area contributed by atoms with E-state index in [0.29, 0.717) is 12.3 Å². The molecule has 0 aliphatic carbocycles. The number of carbonyl (C=O) groups is 2. The number of ether oxygens (including phenoxy) is 1. The van der Waals surface area contributed by atoms with Crippen LogP contribution in [0.4, 0.5) is 5.82 Å². The molecule has 0 saturated carbocycles. The number of nitrogens with two attached hydrogens (primary N) is 1. The molecule has 27 heteroatoms. The number of fused-ring (bicyclic) bond motifs is 1. The quantitative estimate of drug-likeness (QED) is 0.0667. The number of phosphoric ester groups is 3. The molecule has 5 atom stereocenters. The van der Waals surface area contributed by atoms with Crippen LogP contribution in [0.25, 0.3) is 11.2 Å². The summed E-state index contributed by atoms with van der Waals surface area (Å²) in [5.41, 5.74) is 4.22. The number of aliphatic hydroxyl groups excluding tert-OH is 2. The van der Waals surface area contributed by atoms with Gasteiger partial charge in [0.25, 0.3) is 0 Å². The number of hydrogen-bond acceptors (Lipinski definition) is 17. The number of nitrogens with zero attached hydrogens (tertiary/aromatic N) is 4. The van der Waals surface area contributed by atoms with E-state index in [2.05, 4.69) is 51.6 Å². The summed E-state index contributed by atoms with van der Waals surface area (Å²) in [5, 5.41) is 26.0. The van der Waals surface area contributed by atoms with Crippen LogP contribution < -0.4 is 16.4 Å². The second-order valence-corrected chi connectivity index (χ2v) is 15.1. The van der Waals surface area contributed by atoms with Crippen molar-refractivity contribution >= 4 is 64.9 Å². The molecule has 0 aromatic carbocycles. The second-order valence-electron chi connectivity index (χ2n) is 10.5. The number of thiol groups is 1. The van der Waals surface area contributed by atoms with E-state index in [1.54, 1.807) is 0 Å². The first-order valence-corrected chi connectivity index (χ1v) is 18.6. The van der Waals surface area contributed by atoms with Crippen molar-refractivity contribution in [2.45, 2.75) is 38.7 Å². The van der Waals surface area contributed by atoms with Crippen LogP contribution >= 0.6 is 36.1 Å². The number of phosphoric acid groups is 3. The first kappa shape index (κ1) is 39.7. The molecule has 0 saturated heterocycles. The summed E-state index contributed by atoms with van der Waals surface area (Å²) < 4.78 is 61.3. The smallest absolute Gasteiger partial charge is 0.505 e. The molecule has 2 aromatic heterocycles. The number of aromatic nitrogens is 4. The fourth-order valence-corrected chi connectivity index (χ4v) is 6.68. The standard InChI is InChI=1S/C21H34N7O16P3S/c1-21(2,16(31)19(32)24-4-3-12(29)23-5-6-48)8-41-47(38,39)44-46(36,37)40-7-11-15(43-45(33,34)35)14(30)20(42-11)28-10-27-13-17(22)25-9-26-18(13)28/h9-11,16,20,30-31,48H,3-8H2,1-2H3,(H,23,29)(H,24,32)(H,36,37)(H,38,39)(H2,22,25,26)(H2,33,34,35)/t11-,16+,20-/m1/s1. The highest BCUT2D eigenvalue weighted by Gasteiger charge is 2.45. The van der Waals surface area contributed by atoms with E-state index in [4.69, 9.17) is 15.0 Å². The Morgan fingerprint density at radius 3 is 2.42 bits per heavy atom. The van der Waals surface area contributed by atoms with Gasteiger partial charge in [-0.05, 0) is 0 Å². The SMILES string of the molecule is CC(C)(COP(=O)(O)OP(=O)(O)OC[C@H]1O[C@@H](n2cnc3c(N)ncnc32)C(O)=C1OP(=O)(O)O)[C@@H](O)C(=O)NCCC(=O)NCCS. The second kappa shape index (κ2) is 15.9. The fourth-order valence-electron chi connectivity index (χ4n) is 3.86. The van der Waals surface area contributed by atoms with E-state index < -0.39 is 78.0 Å². The van der Waals surface area contributed by atoms with Crippen molar-refractivity contribution < 1.29 is 75.7 Å². The molecule has 48 heavy (non-hydrogen) atoms. The average Bonchev–Trinajstić information content (AvgIpc) is 3.54. The first-order valence-electron chi connectivity index (χ1n) is 13.4. The lowest BCUT2D eigenvalue weighted by Gasteiger charge is -2.30. The third-order valence-electron chi connectivity index (χ3n) is 6.20.